The SMILES string of the molecule is CCCC(=O)ONC1(Cl)Nc2ncnn2C=C1c1c(F)cccc1Cl. The third-order valence-electron chi connectivity index (χ3n) is 3.47. The van der Waals surface area contributed by atoms with Gasteiger partial charge in [-0.15, -0.1) is 5.48 Å². The zero-order valence-corrected chi connectivity index (χ0v) is 14.6. The van der Waals surface area contributed by atoms with Crippen LogP contribution < -0.4 is 10.8 Å². The molecule has 0 radical (unpaired) electrons. The lowest BCUT2D eigenvalue weighted by molar-refractivity contribution is -0.152. The molecule has 1 aromatic carbocycles. The number of carbonyl (C=O) groups is 1. The van der Waals surface area contributed by atoms with Crippen molar-refractivity contribution in [2.24, 2.45) is 0 Å². The number of rotatable bonds is 5. The van der Waals surface area contributed by atoms with Crippen molar-refractivity contribution in [2.45, 2.75) is 24.9 Å². The molecule has 1 aliphatic heterocycles. The number of hydrogen-bond donors (Lipinski definition) is 2. The van der Waals surface area contributed by atoms with Crippen LogP contribution in [0.4, 0.5) is 10.3 Å². The van der Waals surface area contributed by atoms with Crippen LogP contribution in [0.25, 0.3) is 11.8 Å². The largest absolute Gasteiger partial charge is 0.367 e. The van der Waals surface area contributed by atoms with Gasteiger partial charge in [0.05, 0.1) is 5.02 Å². The van der Waals surface area contributed by atoms with Gasteiger partial charge in [0.15, 0.2) is 0 Å². The highest BCUT2D eigenvalue weighted by molar-refractivity contribution is 6.36. The Morgan fingerprint density at radius 1 is 1.52 bits per heavy atom. The Balaban J connectivity index is 2.02. The predicted molar refractivity (Wildman–Crippen MR) is 91.9 cm³/mol. The summed E-state index contributed by atoms with van der Waals surface area (Å²) >= 11 is 12.7. The fourth-order valence-electron chi connectivity index (χ4n) is 2.32. The van der Waals surface area contributed by atoms with Crippen molar-refractivity contribution in [2.75, 3.05) is 5.32 Å². The van der Waals surface area contributed by atoms with Crippen molar-refractivity contribution in [1.29, 1.82) is 0 Å². The van der Waals surface area contributed by atoms with Crippen LogP contribution >= 0.6 is 23.2 Å². The van der Waals surface area contributed by atoms with Gasteiger partial charge in [-0.05, 0) is 18.6 Å². The molecule has 1 unspecified atom stereocenters. The zero-order valence-electron chi connectivity index (χ0n) is 13.1. The van der Waals surface area contributed by atoms with Gasteiger partial charge in [0.2, 0.25) is 11.1 Å². The summed E-state index contributed by atoms with van der Waals surface area (Å²) in [7, 11) is 0. The molecule has 2 heterocycles. The minimum atomic E-state index is -1.68. The Hall–Kier alpha value is -2.16. The van der Waals surface area contributed by atoms with E-state index in [0.29, 0.717) is 6.42 Å². The highest BCUT2D eigenvalue weighted by Gasteiger charge is 2.41. The second-order valence-electron chi connectivity index (χ2n) is 5.28. The number of nitrogens with zero attached hydrogens (tertiary/aromatic N) is 3. The second kappa shape index (κ2) is 6.99. The van der Waals surface area contributed by atoms with Crippen LogP contribution in [0.15, 0.2) is 24.5 Å². The van der Waals surface area contributed by atoms with Crippen molar-refractivity contribution in [3.63, 3.8) is 0 Å². The summed E-state index contributed by atoms with van der Waals surface area (Å²) in [5.74, 6) is -0.809. The van der Waals surface area contributed by atoms with Crippen LogP contribution in [0, 0.1) is 5.82 Å². The number of nitrogens with one attached hydrogen (secondary N) is 2. The Kier molecular flexibility index (Phi) is 4.94. The summed E-state index contributed by atoms with van der Waals surface area (Å²) in [6, 6.07) is 4.25. The molecular formula is C15H14Cl2FN5O2. The minimum Gasteiger partial charge on any atom is -0.367 e. The van der Waals surface area contributed by atoms with Crippen molar-refractivity contribution in [1.82, 2.24) is 20.2 Å². The third-order valence-corrected chi connectivity index (χ3v) is 4.16. The molecule has 25 heavy (non-hydrogen) atoms. The summed E-state index contributed by atoms with van der Waals surface area (Å²) < 4.78 is 15.8. The fourth-order valence-corrected chi connectivity index (χ4v) is 2.85. The number of benzene rings is 1. The lowest BCUT2D eigenvalue weighted by Crippen LogP contribution is -2.51. The third kappa shape index (κ3) is 3.46. The highest BCUT2D eigenvalue weighted by atomic mass is 35.5. The van der Waals surface area contributed by atoms with E-state index >= 15 is 0 Å². The minimum absolute atomic E-state index is 0.0480. The van der Waals surface area contributed by atoms with Crippen LogP contribution in [0.3, 0.4) is 0 Å². The van der Waals surface area contributed by atoms with E-state index in [4.69, 9.17) is 28.0 Å². The van der Waals surface area contributed by atoms with E-state index in [9.17, 15) is 9.18 Å². The number of aromatic nitrogens is 3. The standard InChI is InChI=1S/C15H14Cl2FN5O2/c1-2-4-12(24)25-22-15(17)9(7-23-14(21-15)19-8-20-23)13-10(16)5-3-6-11(13)18/h3,5-8,22H,2,4H2,1H3,(H,19,20,21). The van der Waals surface area contributed by atoms with Crippen molar-refractivity contribution < 1.29 is 14.0 Å². The van der Waals surface area contributed by atoms with Gasteiger partial charge < -0.3 is 10.2 Å². The van der Waals surface area contributed by atoms with Gasteiger partial charge >= 0.3 is 5.97 Å². The normalized spacial score (nSPS) is 19.0. The van der Waals surface area contributed by atoms with Crippen LogP contribution in [0.2, 0.25) is 5.02 Å². The molecule has 0 saturated carbocycles. The lowest BCUT2D eigenvalue weighted by Gasteiger charge is -2.34. The Bertz CT molecular complexity index is 821. The summed E-state index contributed by atoms with van der Waals surface area (Å²) in [5.41, 5.74) is 2.67. The van der Waals surface area contributed by atoms with E-state index in [-0.39, 0.29) is 28.5 Å². The van der Waals surface area contributed by atoms with Gasteiger partial charge in [-0.2, -0.15) is 10.1 Å². The molecule has 0 bridgehead atoms. The number of anilines is 1. The van der Waals surface area contributed by atoms with Crippen LogP contribution in [-0.4, -0.2) is 25.9 Å². The zero-order chi connectivity index (χ0) is 18.0. The van der Waals surface area contributed by atoms with E-state index in [1.807, 2.05) is 6.92 Å². The van der Waals surface area contributed by atoms with Gasteiger partial charge in [0.25, 0.3) is 0 Å². The maximum atomic E-state index is 14.4. The summed E-state index contributed by atoms with van der Waals surface area (Å²) in [4.78, 5) is 20.7. The van der Waals surface area contributed by atoms with Crippen molar-refractivity contribution in [3.8, 4) is 0 Å². The summed E-state index contributed by atoms with van der Waals surface area (Å²) in [5, 5.41) is 5.28. The first-order valence-corrected chi connectivity index (χ1v) is 8.20. The molecule has 1 aromatic heterocycles. The van der Waals surface area contributed by atoms with E-state index in [0.717, 1.165) is 0 Å². The van der Waals surface area contributed by atoms with Gasteiger partial charge in [0.1, 0.15) is 12.1 Å². The van der Waals surface area contributed by atoms with Gasteiger partial charge in [0, 0.05) is 23.8 Å². The quantitative estimate of drug-likeness (QED) is 0.467. The van der Waals surface area contributed by atoms with Crippen LogP contribution in [0.1, 0.15) is 25.3 Å². The van der Waals surface area contributed by atoms with Crippen molar-refractivity contribution >= 4 is 46.9 Å². The number of halogens is 3. The van der Waals surface area contributed by atoms with Crippen LogP contribution in [0.5, 0.6) is 0 Å². The summed E-state index contributed by atoms with van der Waals surface area (Å²) in [6.07, 6.45) is 3.57. The molecule has 132 valence electrons. The molecule has 3 rings (SSSR count). The molecule has 1 aliphatic rings. The Morgan fingerprint density at radius 3 is 3.04 bits per heavy atom. The average Bonchev–Trinajstić information content (AvgIpc) is 3.00. The molecule has 0 saturated heterocycles. The monoisotopic (exact) mass is 385 g/mol. The van der Waals surface area contributed by atoms with E-state index in [1.54, 1.807) is 0 Å². The molecule has 0 fully saturated rings. The fraction of sp³-hybridized carbons (Fsp3) is 0.267. The summed E-state index contributed by atoms with van der Waals surface area (Å²) in [6.45, 7) is 1.84. The number of alkyl halides is 1. The van der Waals surface area contributed by atoms with E-state index in [1.165, 1.54) is 35.4 Å². The van der Waals surface area contributed by atoms with E-state index < -0.39 is 16.9 Å². The molecule has 0 aliphatic carbocycles. The first-order chi connectivity index (χ1) is 11.9. The molecule has 10 heteroatoms. The lowest BCUT2D eigenvalue weighted by atomic mass is 10.0. The number of carbonyl (C=O) groups excluding carboxylic acids is 1. The Labute approximate surface area is 152 Å². The maximum Gasteiger partial charge on any atom is 0.324 e. The van der Waals surface area contributed by atoms with Crippen molar-refractivity contribution in [3.05, 3.63) is 40.9 Å². The topological polar surface area (TPSA) is 81.1 Å². The number of hydroxylamine groups is 1. The molecule has 2 aromatic rings. The van der Waals surface area contributed by atoms with Crippen LogP contribution in [-0.2, 0) is 9.63 Å². The molecule has 7 nitrogen and oxygen atoms in total. The molecule has 2 N–H and O–H groups in total. The average molecular weight is 386 g/mol. The second-order valence-corrected chi connectivity index (χ2v) is 6.25. The van der Waals surface area contributed by atoms with E-state index in [2.05, 4.69) is 20.9 Å². The van der Waals surface area contributed by atoms with Gasteiger partial charge in [-0.3, -0.25) is 4.79 Å². The smallest absolute Gasteiger partial charge is 0.324 e. The highest BCUT2D eigenvalue weighted by Crippen LogP contribution is 2.40. The maximum absolute atomic E-state index is 14.4. The number of fused-ring (bicyclic) bond motifs is 1. The molecule has 1 atom stereocenters. The first-order valence-electron chi connectivity index (χ1n) is 7.44. The van der Waals surface area contributed by atoms with Gasteiger partial charge in [-0.1, -0.05) is 36.2 Å². The first kappa shape index (κ1) is 17.7. The number of hydrogen-bond acceptors (Lipinski definition) is 6. The molecule has 0 spiro atoms. The molecule has 0 amide bonds. The Morgan fingerprint density at radius 2 is 2.32 bits per heavy atom. The van der Waals surface area contributed by atoms with Gasteiger partial charge in [-0.25, -0.2) is 9.07 Å². The predicted octanol–water partition coefficient (Wildman–Crippen LogP) is 3.23. The molecular weight excluding hydrogens is 372 g/mol.